The average molecular weight is 875 g/mol. The molecule has 3 fully saturated rings. The Labute approximate surface area is 367 Å². The van der Waals surface area contributed by atoms with Gasteiger partial charge in [-0.1, -0.05) is 74.5 Å². The normalized spacial score (nSPS) is 26.3. The van der Waals surface area contributed by atoms with Gasteiger partial charge in [-0.15, -0.1) is 0 Å². The van der Waals surface area contributed by atoms with E-state index in [0.717, 1.165) is 11.1 Å². The first kappa shape index (κ1) is 48.2. The van der Waals surface area contributed by atoms with Crippen molar-refractivity contribution in [1.29, 1.82) is 0 Å². The molecule has 8 amide bonds. The number of nitrogens with one attached hydrogen (secondary N) is 5. The van der Waals surface area contributed by atoms with Gasteiger partial charge in [-0.05, 0) is 74.8 Å². The molecule has 0 saturated carbocycles. The van der Waals surface area contributed by atoms with E-state index in [2.05, 4.69) is 26.6 Å². The van der Waals surface area contributed by atoms with Gasteiger partial charge in [-0.3, -0.25) is 38.4 Å². The molecule has 0 radical (unpaired) electrons. The van der Waals surface area contributed by atoms with Gasteiger partial charge in [0.2, 0.25) is 41.4 Å². The minimum absolute atomic E-state index is 0.0587. The monoisotopic (exact) mass is 874 g/mol. The molecule has 3 aliphatic heterocycles. The fourth-order valence-corrected chi connectivity index (χ4v) is 8.44. The van der Waals surface area contributed by atoms with E-state index < -0.39 is 108 Å². The Morgan fingerprint density at radius 2 is 1.33 bits per heavy atom. The molecule has 0 aromatic heterocycles. The topological polar surface area (TPSA) is 270 Å². The number of hydrogen-bond acceptors (Lipinski definition) is 10. The maximum atomic E-state index is 14.4. The van der Waals surface area contributed by atoms with Gasteiger partial charge in [0.15, 0.2) is 6.10 Å². The largest absolute Gasteiger partial charge is 0.393 e. The fourth-order valence-electron chi connectivity index (χ4n) is 8.44. The van der Waals surface area contributed by atoms with Crippen molar-refractivity contribution in [2.24, 2.45) is 11.7 Å². The van der Waals surface area contributed by atoms with Gasteiger partial charge in [-0.25, -0.2) is 0 Å². The zero-order valence-electron chi connectivity index (χ0n) is 36.0. The van der Waals surface area contributed by atoms with Gasteiger partial charge < -0.3 is 52.3 Å². The quantitative estimate of drug-likeness (QED) is 0.133. The second-order valence-corrected chi connectivity index (χ2v) is 17.0. The van der Waals surface area contributed by atoms with E-state index in [4.69, 9.17) is 5.73 Å². The van der Waals surface area contributed by atoms with Crippen LogP contribution in [0.2, 0.25) is 0 Å². The Hall–Kier alpha value is -5.88. The highest BCUT2D eigenvalue weighted by atomic mass is 16.3. The number of amides is 8. The van der Waals surface area contributed by atoms with Crippen molar-refractivity contribution in [3.05, 3.63) is 71.8 Å². The van der Waals surface area contributed by atoms with Crippen molar-refractivity contribution in [2.45, 2.75) is 133 Å². The van der Waals surface area contributed by atoms with Crippen LogP contribution in [0.5, 0.6) is 0 Å². The van der Waals surface area contributed by atoms with Crippen molar-refractivity contribution in [3.63, 3.8) is 0 Å². The molecule has 3 aliphatic rings. The molecule has 63 heavy (non-hydrogen) atoms. The van der Waals surface area contributed by atoms with Crippen molar-refractivity contribution in [3.8, 4) is 0 Å². The Morgan fingerprint density at radius 3 is 1.97 bits per heavy atom. The van der Waals surface area contributed by atoms with E-state index >= 15 is 0 Å². The number of benzene rings is 2. The third-order valence-electron chi connectivity index (χ3n) is 11.9. The zero-order chi connectivity index (χ0) is 45.6. The van der Waals surface area contributed by atoms with Gasteiger partial charge in [0.1, 0.15) is 30.2 Å². The number of aliphatic hydroxyl groups excluding tert-OH is 2. The summed E-state index contributed by atoms with van der Waals surface area (Å²) in [6.07, 6.45) is -1.18. The molecule has 4 unspecified atom stereocenters. The van der Waals surface area contributed by atoms with Crippen LogP contribution in [0.3, 0.4) is 0 Å². The summed E-state index contributed by atoms with van der Waals surface area (Å²) in [4.78, 5) is 112. The van der Waals surface area contributed by atoms with Crippen molar-refractivity contribution in [2.75, 3.05) is 19.6 Å². The SMILES string of the molecule is CC(C)C1NC(=O)[C@@H](Cc2ccccc2)NC(=O)[C@H]2CCCN2C(=O)CNC(=O)[C@H](CCC(N)=O)NC(=O)C(O)C(CC(O)CCCc2ccccc2)NC(=O)[C@H]2CCCN2C1=O. The van der Waals surface area contributed by atoms with Gasteiger partial charge in [0.05, 0.1) is 18.7 Å². The highest BCUT2D eigenvalue weighted by Gasteiger charge is 2.42. The molecular formula is C45H62N8O10. The zero-order valence-corrected chi connectivity index (χ0v) is 36.0. The smallest absolute Gasteiger partial charge is 0.251 e. The lowest BCUT2D eigenvalue weighted by Crippen LogP contribution is -2.61. The van der Waals surface area contributed by atoms with E-state index in [1.54, 1.807) is 38.1 Å². The Morgan fingerprint density at radius 1 is 0.746 bits per heavy atom. The molecule has 0 aliphatic carbocycles. The molecule has 0 bridgehead atoms. The molecule has 3 heterocycles. The molecule has 3 saturated heterocycles. The summed E-state index contributed by atoms with van der Waals surface area (Å²) in [7, 11) is 0. The molecule has 5 rings (SSSR count). The maximum Gasteiger partial charge on any atom is 0.251 e. The van der Waals surface area contributed by atoms with E-state index in [9.17, 15) is 48.6 Å². The molecule has 2 aromatic rings. The summed E-state index contributed by atoms with van der Waals surface area (Å²) in [5.41, 5.74) is 7.14. The molecule has 342 valence electrons. The van der Waals surface area contributed by atoms with E-state index in [1.807, 2.05) is 36.4 Å². The minimum Gasteiger partial charge on any atom is -0.393 e. The van der Waals surface area contributed by atoms with E-state index in [-0.39, 0.29) is 58.0 Å². The number of rotatable bonds is 12. The lowest BCUT2D eigenvalue weighted by atomic mass is 9.97. The number of carbonyl (C=O) groups excluding carboxylic acids is 8. The number of aryl methyl sites for hydroxylation is 1. The summed E-state index contributed by atoms with van der Waals surface area (Å²) in [6, 6.07) is 11.3. The highest BCUT2D eigenvalue weighted by molar-refractivity contribution is 5.97. The van der Waals surface area contributed by atoms with Crippen LogP contribution < -0.4 is 32.3 Å². The van der Waals surface area contributed by atoms with Gasteiger partial charge in [-0.2, -0.15) is 0 Å². The predicted molar refractivity (Wildman–Crippen MR) is 230 cm³/mol. The third kappa shape index (κ3) is 13.6. The maximum absolute atomic E-state index is 14.4. The Bertz CT molecular complexity index is 1930. The summed E-state index contributed by atoms with van der Waals surface area (Å²) in [6.45, 7) is 3.24. The van der Waals surface area contributed by atoms with E-state index in [0.29, 0.717) is 25.7 Å². The average Bonchev–Trinajstić information content (AvgIpc) is 3.97. The Kier molecular flexibility index (Phi) is 17.6. The molecule has 8 atom stereocenters. The molecule has 2 aromatic carbocycles. The van der Waals surface area contributed by atoms with E-state index in [1.165, 1.54) is 9.80 Å². The predicted octanol–water partition coefficient (Wildman–Crippen LogP) is -0.664. The Balaban J connectivity index is 1.46. The van der Waals surface area contributed by atoms with Gasteiger partial charge in [0, 0.05) is 25.9 Å². The van der Waals surface area contributed by atoms with Gasteiger partial charge >= 0.3 is 0 Å². The van der Waals surface area contributed by atoms with Crippen molar-refractivity contribution in [1.82, 2.24) is 36.4 Å². The number of nitrogens with two attached hydrogens (primary N) is 1. The number of nitrogens with zero attached hydrogens (tertiary/aromatic N) is 2. The standard InChI is InChI=1S/C45H62N8O10/c1-27(2)38-45(63)53-23-11-19-35(53)43(61)49-32(25-30(54)17-9-16-28-12-5-3-6-13-28)39(57)44(62)48-31(20-21-36(46)55)40(58)47-26-37(56)52-22-10-18-34(52)42(60)50-33(41(59)51-38)24-29-14-7-4-8-15-29/h3-8,12-15,27,30-35,38-39,54,57H,9-11,16-26H2,1-2H3,(H2,46,55)(H,47,58)(H,48,62)(H,49,61)(H,50,60)(H,51,59)/t30?,31-,32?,33+,34+,35+,38?,39?/m0/s1. The first-order chi connectivity index (χ1) is 30.1. The van der Waals surface area contributed by atoms with Gasteiger partial charge in [0.25, 0.3) is 5.91 Å². The lowest BCUT2D eigenvalue weighted by Gasteiger charge is -2.33. The van der Waals surface area contributed by atoms with Crippen molar-refractivity contribution >= 4 is 47.3 Å². The van der Waals surface area contributed by atoms with Crippen LogP contribution in [0.15, 0.2) is 60.7 Å². The number of aliphatic hydroxyl groups is 2. The molecule has 18 heteroatoms. The molecular weight excluding hydrogens is 813 g/mol. The van der Waals surface area contributed by atoms with Crippen LogP contribution in [-0.4, -0.2) is 135 Å². The molecule has 0 spiro atoms. The summed E-state index contributed by atoms with van der Waals surface area (Å²) < 4.78 is 0. The first-order valence-electron chi connectivity index (χ1n) is 21.9. The van der Waals surface area contributed by atoms with Crippen LogP contribution in [0, 0.1) is 5.92 Å². The molecule has 9 N–H and O–H groups in total. The summed E-state index contributed by atoms with van der Waals surface area (Å²) in [5.74, 6) is -6.37. The number of hydrogen-bond donors (Lipinski definition) is 8. The van der Waals surface area contributed by atoms with Crippen LogP contribution >= 0.6 is 0 Å². The second-order valence-electron chi connectivity index (χ2n) is 17.0. The second kappa shape index (κ2) is 23.0. The first-order valence-corrected chi connectivity index (χ1v) is 21.9. The highest BCUT2D eigenvalue weighted by Crippen LogP contribution is 2.23. The number of primary amides is 1. The van der Waals surface area contributed by atoms with Crippen LogP contribution in [0.25, 0.3) is 0 Å². The lowest BCUT2D eigenvalue weighted by molar-refractivity contribution is -0.144. The van der Waals surface area contributed by atoms with Crippen LogP contribution in [0.4, 0.5) is 0 Å². The van der Waals surface area contributed by atoms with Crippen LogP contribution in [-0.2, 0) is 51.2 Å². The fraction of sp³-hybridized carbons (Fsp3) is 0.556. The molecule has 18 nitrogen and oxygen atoms in total. The number of fused-ring (bicyclic) bond motifs is 2. The third-order valence-corrected chi connectivity index (χ3v) is 11.9. The number of carbonyl (C=O) groups is 8. The summed E-state index contributed by atoms with van der Waals surface area (Å²) >= 11 is 0. The summed E-state index contributed by atoms with van der Waals surface area (Å²) in [5, 5.41) is 36.0. The minimum atomic E-state index is -2.03. The van der Waals surface area contributed by atoms with Crippen molar-refractivity contribution < 1.29 is 48.6 Å². The van der Waals surface area contributed by atoms with Crippen LogP contribution in [0.1, 0.15) is 82.8 Å².